The summed E-state index contributed by atoms with van der Waals surface area (Å²) in [5.74, 6) is -1.48. The summed E-state index contributed by atoms with van der Waals surface area (Å²) < 4.78 is 62.6. The highest BCUT2D eigenvalue weighted by atomic mass is 16.7. The van der Waals surface area contributed by atoms with Crippen LogP contribution in [0.25, 0.3) is 0 Å². The van der Waals surface area contributed by atoms with Gasteiger partial charge in [0.05, 0.1) is 50.2 Å². The van der Waals surface area contributed by atoms with Crippen molar-refractivity contribution in [3.05, 3.63) is 36.5 Å². The van der Waals surface area contributed by atoms with E-state index in [0.29, 0.717) is 19.3 Å². The van der Waals surface area contributed by atoms with Crippen LogP contribution in [-0.2, 0) is 57.0 Å². The van der Waals surface area contributed by atoms with E-state index in [1.54, 1.807) is 40.6 Å². The van der Waals surface area contributed by atoms with Gasteiger partial charge in [0, 0.05) is 70.5 Å². The Balaban J connectivity index is 2.10. The van der Waals surface area contributed by atoms with Crippen LogP contribution in [0.4, 0.5) is 0 Å². The van der Waals surface area contributed by atoms with E-state index in [0.717, 1.165) is 5.57 Å². The van der Waals surface area contributed by atoms with Crippen molar-refractivity contribution >= 4 is 11.8 Å². The van der Waals surface area contributed by atoms with Gasteiger partial charge in [-0.25, -0.2) is 0 Å². The van der Waals surface area contributed by atoms with Gasteiger partial charge in [-0.2, -0.15) is 0 Å². The molecule has 0 aromatic heterocycles. The fourth-order valence-corrected chi connectivity index (χ4v) is 9.52. The molecule has 13 heteroatoms. The average Bonchev–Trinajstić information content (AvgIpc) is 3.21. The van der Waals surface area contributed by atoms with E-state index >= 15 is 0 Å². The normalized spacial score (nSPS) is 40.5. The number of nitrogens with zero attached hydrogens (tertiary/aromatic N) is 1. The molecular weight excluding hydrogens is 771 g/mol. The first-order chi connectivity index (χ1) is 28.5. The molecule has 13 nitrogen and oxygen atoms in total. The van der Waals surface area contributed by atoms with E-state index in [-0.39, 0.29) is 91.2 Å². The first-order valence-corrected chi connectivity index (χ1v) is 22.1. The lowest BCUT2D eigenvalue weighted by Gasteiger charge is -2.48. The minimum atomic E-state index is -0.709. The van der Waals surface area contributed by atoms with Crippen molar-refractivity contribution < 1.29 is 57.0 Å². The molecule has 3 heterocycles. The number of ether oxygens (including phenoxy) is 10. The molecule has 60 heavy (non-hydrogen) atoms. The standard InChI is InChI=1S/C47H81NO12/c1-17-21-55-39-25-40(50)59-38(18-2)36(26-56-47-45(54-16)44(53-15)30(6)34(10)58-47)22-27(3)19-20-37(49)28(4)23-35(24-41(51-13)52-14)43(31(39)7)60-46-32(8)42(48(11)12)29(5)33(9)57-46/h17,19-20,22,28-36,38-39,41-47H,1,18,21,23-26H2,2-16H3/b20-19+,27-22+/t28-,29-,30-,31+,32-,33-,34-,35-,36-,38-,39-,42+,43-,44-,45-,46+,47-/m1/s1. The van der Waals surface area contributed by atoms with Gasteiger partial charge in [0.2, 0.25) is 0 Å². The first kappa shape index (κ1) is 52.3. The Bertz CT molecular complexity index is 1370. The van der Waals surface area contributed by atoms with Crippen molar-refractivity contribution in [3.63, 3.8) is 0 Å². The Labute approximate surface area is 362 Å². The number of cyclic esters (lactones) is 1. The molecule has 3 aliphatic rings. The Morgan fingerprint density at radius 1 is 0.833 bits per heavy atom. The number of methoxy groups -OCH3 is 4. The van der Waals surface area contributed by atoms with Crippen LogP contribution >= 0.6 is 0 Å². The van der Waals surface area contributed by atoms with Gasteiger partial charge in [-0.3, -0.25) is 9.59 Å². The molecule has 3 rings (SSSR count). The van der Waals surface area contributed by atoms with Crippen LogP contribution in [0.15, 0.2) is 36.5 Å². The monoisotopic (exact) mass is 852 g/mol. The highest BCUT2D eigenvalue weighted by Crippen LogP contribution is 2.39. The molecule has 0 radical (unpaired) electrons. The van der Waals surface area contributed by atoms with Crippen molar-refractivity contribution in [2.75, 3.05) is 55.7 Å². The molecule has 2 saturated heterocycles. The van der Waals surface area contributed by atoms with Crippen LogP contribution < -0.4 is 0 Å². The maximum atomic E-state index is 14.2. The largest absolute Gasteiger partial charge is 0.462 e. The third-order valence-corrected chi connectivity index (χ3v) is 13.4. The lowest BCUT2D eigenvalue weighted by atomic mass is 9.78. The topological polar surface area (TPSA) is 130 Å². The Morgan fingerprint density at radius 3 is 2.05 bits per heavy atom. The van der Waals surface area contributed by atoms with Crippen molar-refractivity contribution in [3.8, 4) is 0 Å². The molecule has 0 saturated carbocycles. The predicted octanol–water partition coefficient (Wildman–Crippen LogP) is 7.02. The van der Waals surface area contributed by atoms with Gasteiger partial charge in [-0.05, 0) is 65.6 Å². The average molecular weight is 852 g/mol. The lowest BCUT2D eigenvalue weighted by molar-refractivity contribution is -0.292. The molecule has 17 atom stereocenters. The summed E-state index contributed by atoms with van der Waals surface area (Å²) >= 11 is 0. The maximum absolute atomic E-state index is 14.2. The van der Waals surface area contributed by atoms with Gasteiger partial charge in [0.15, 0.2) is 24.7 Å². The van der Waals surface area contributed by atoms with Gasteiger partial charge in [0.1, 0.15) is 12.2 Å². The molecule has 0 spiro atoms. The van der Waals surface area contributed by atoms with E-state index in [9.17, 15) is 9.59 Å². The van der Waals surface area contributed by atoms with Crippen molar-refractivity contribution in [2.45, 2.75) is 156 Å². The number of ketones is 1. The van der Waals surface area contributed by atoms with Crippen molar-refractivity contribution in [1.29, 1.82) is 0 Å². The number of rotatable bonds is 16. The van der Waals surface area contributed by atoms with E-state index in [1.807, 2.05) is 46.8 Å². The molecule has 0 bridgehead atoms. The zero-order valence-electron chi connectivity index (χ0n) is 39.5. The number of hydrogen-bond acceptors (Lipinski definition) is 13. The third-order valence-electron chi connectivity index (χ3n) is 13.4. The lowest BCUT2D eigenvalue weighted by Crippen LogP contribution is -2.56. The summed E-state index contributed by atoms with van der Waals surface area (Å²) in [5.41, 5.74) is 0.829. The molecule has 0 aromatic carbocycles. The summed E-state index contributed by atoms with van der Waals surface area (Å²) in [6, 6.07) is 0.190. The maximum Gasteiger partial charge on any atom is 0.308 e. The second kappa shape index (κ2) is 25.3. The fourth-order valence-electron chi connectivity index (χ4n) is 9.52. The van der Waals surface area contributed by atoms with Crippen molar-refractivity contribution in [2.24, 2.45) is 41.4 Å². The summed E-state index contributed by atoms with van der Waals surface area (Å²) in [5, 5.41) is 0. The summed E-state index contributed by atoms with van der Waals surface area (Å²) in [4.78, 5) is 30.5. The van der Waals surface area contributed by atoms with Crippen LogP contribution in [0.5, 0.6) is 0 Å². The number of allylic oxidation sites excluding steroid dienone is 3. The molecule has 0 aliphatic carbocycles. The quantitative estimate of drug-likeness (QED) is 0.0898. The SMILES string of the molecule is C=CCO[C@@H]1CC(=O)O[C@H](CC)[C@@H](CO[C@@H]2O[C@H](C)[C@@H](C)[C@@H](OC)[C@H]2OC)/C=C(C)/C=C/C(=O)[C@H](C)C[C@H](CC(OC)OC)[C@H](O[C@@H]2O[C@H](C)[C@@H](C)[C@H](N(C)C)[C@H]2C)[C@H]1C. The number of esters is 1. The van der Waals surface area contributed by atoms with Gasteiger partial charge in [-0.15, -0.1) is 6.58 Å². The van der Waals surface area contributed by atoms with Crippen molar-refractivity contribution in [1.82, 2.24) is 4.90 Å². The van der Waals surface area contributed by atoms with Crippen LogP contribution in [0, 0.1) is 41.4 Å². The first-order valence-electron chi connectivity index (χ1n) is 22.1. The van der Waals surface area contributed by atoms with Gasteiger partial charge < -0.3 is 52.3 Å². The van der Waals surface area contributed by atoms with E-state index < -0.39 is 49.3 Å². The van der Waals surface area contributed by atoms with Crippen LogP contribution in [0.2, 0.25) is 0 Å². The van der Waals surface area contributed by atoms with Gasteiger partial charge in [0.25, 0.3) is 0 Å². The van der Waals surface area contributed by atoms with Crippen LogP contribution in [0.3, 0.4) is 0 Å². The number of carbonyl (C=O) groups excluding carboxylic acids is 2. The van der Waals surface area contributed by atoms with E-state index in [1.165, 1.54) is 0 Å². The molecule has 0 aromatic rings. The summed E-state index contributed by atoms with van der Waals surface area (Å²) in [6.45, 7) is 22.7. The summed E-state index contributed by atoms with van der Waals surface area (Å²) in [7, 11) is 10.7. The van der Waals surface area contributed by atoms with Gasteiger partial charge >= 0.3 is 5.97 Å². The molecule has 0 N–H and O–H groups in total. The molecule has 346 valence electrons. The second-order valence-corrected chi connectivity index (χ2v) is 17.8. The Kier molecular flexibility index (Phi) is 22.1. The zero-order valence-corrected chi connectivity index (χ0v) is 39.5. The van der Waals surface area contributed by atoms with E-state index in [4.69, 9.17) is 47.4 Å². The zero-order chi connectivity index (χ0) is 44.8. The second-order valence-electron chi connectivity index (χ2n) is 17.8. The van der Waals surface area contributed by atoms with Crippen LogP contribution in [-0.4, -0.2) is 140 Å². The fraction of sp³-hybridized carbons (Fsp3) is 0.830. The Morgan fingerprint density at radius 2 is 1.47 bits per heavy atom. The minimum absolute atomic E-state index is 0.00366. The molecule has 0 amide bonds. The highest BCUT2D eigenvalue weighted by Gasteiger charge is 2.47. The molecule has 2 fully saturated rings. The number of hydrogen-bond donors (Lipinski definition) is 0. The predicted molar refractivity (Wildman–Crippen MR) is 231 cm³/mol. The molecule has 0 unspecified atom stereocenters. The highest BCUT2D eigenvalue weighted by molar-refractivity contribution is 5.91. The summed E-state index contributed by atoms with van der Waals surface area (Å²) in [6.07, 6.45) is 4.00. The minimum Gasteiger partial charge on any atom is -0.462 e. The smallest absolute Gasteiger partial charge is 0.308 e. The number of carbonyl (C=O) groups is 2. The third kappa shape index (κ3) is 14.0. The van der Waals surface area contributed by atoms with Crippen LogP contribution in [0.1, 0.15) is 88.0 Å². The Hall–Kier alpha value is -2.04. The molecular formula is C47H81NO12. The molecule has 3 aliphatic heterocycles. The van der Waals surface area contributed by atoms with E-state index in [2.05, 4.69) is 53.3 Å². The van der Waals surface area contributed by atoms with Gasteiger partial charge in [-0.1, -0.05) is 65.3 Å².